The van der Waals surface area contributed by atoms with E-state index in [4.69, 9.17) is 11.6 Å². The van der Waals surface area contributed by atoms with Gasteiger partial charge in [0.1, 0.15) is 11.0 Å². The molecule has 15 heavy (non-hydrogen) atoms. The number of hydrogen-bond donors (Lipinski definition) is 1. The zero-order chi connectivity index (χ0) is 10.3. The van der Waals surface area contributed by atoms with Crippen LogP contribution in [0.4, 0.5) is 5.82 Å². The average molecular weight is 223 g/mol. The number of halogens is 1. The minimum Gasteiger partial charge on any atom is -0.367 e. The third-order valence-corrected chi connectivity index (χ3v) is 3.50. The first kappa shape index (κ1) is 9.46. The van der Waals surface area contributed by atoms with Gasteiger partial charge < -0.3 is 5.32 Å². The Balaban J connectivity index is 1.71. The maximum absolute atomic E-state index is 5.87. The SMILES string of the molecule is Clc1cccc(NC(C2CC2)C2CC2)n1. The Bertz CT molecular complexity index is 346. The van der Waals surface area contributed by atoms with E-state index in [2.05, 4.69) is 10.3 Å². The molecule has 80 valence electrons. The Morgan fingerprint density at radius 2 is 1.87 bits per heavy atom. The average Bonchev–Trinajstić information content (AvgIpc) is 3.07. The van der Waals surface area contributed by atoms with Gasteiger partial charge in [-0.3, -0.25) is 0 Å². The van der Waals surface area contributed by atoms with Gasteiger partial charge in [-0.05, 0) is 49.7 Å². The van der Waals surface area contributed by atoms with Crippen molar-refractivity contribution in [3.63, 3.8) is 0 Å². The van der Waals surface area contributed by atoms with Crippen molar-refractivity contribution < 1.29 is 0 Å². The van der Waals surface area contributed by atoms with E-state index in [9.17, 15) is 0 Å². The smallest absolute Gasteiger partial charge is 0.131 e. The molecule has 0 unspecified atom stereocenters. The second-order valence-corrected chi connectivity index (χ2v) is 5.08. The van der Waals surface area contributed by atoms with Gasteiger partial charge in [0, 0.05) is 6.04 Å². The zero-order valence-corrected chi connectivity index (χ0v) is 9.37. The molecule has 2 aliphatic rings. The lowest BCUT2D eigenvalue weighted by molar-refractivity contribution is 0.566. The van der Waals surface area contributed by atoms with Crippen molar-refractivity contribution in [2.75, 3.05) is 5.32 Å². The van der Waals surface area contributed by atoms with E-state index in [0.717, 1.165) is 17.7 Å². The highest BCUT2D eigenvalue weighted by atomic mass is 35.5. The number of rotatable bonds is 4. The fourth-order valence-corrected chi connectivity index (χ4v) is 2.35. The summed E-state index contributed by atoms with van der Waals surface area (Å²) in [5.74, 6) is 2.71. The Kier molecular flexibility index (Phi) is 2.32. The van der Waals surface area contributed by atoms with Crippen LogP contribution in [0.2, 0.25) is 5.15 Å². The summed E-state index contributed by atoms with van der Waals surface area (Å²) in [5, 5.41) is 4.12. The van der Waals surface area contributed by atoms with Crippen LogP contribution in [0.3, 0.4) is 0 Å². The molecular formula is C12H15ClN2. The fourth-order valence-electron chi connectivity index (χ4n) is 2.19. The molecule has 0 amide bonds. The molecule has 3 rings (SSSR count). The van der Waals surface area contributed by atoms with Crippen LogP contribution in [-0.2, 0) is 0 Å². The monoisotopic (exact) mass is 222 g/mol. The largest absolute Gasteiger partial charge is 0.367 e. The van der Waals surface area contributed by atoms with E-state index in [1.54, 1.807) is 0 Å². The van der Waals surface area contributed by atoms with Gasteiger partial charge in [0.2, 0.25) is 0 Å². The van der Waals surface area contributed by atoms with Gasteiger partial charge in [-0.25, -0.2) is 4.98 Å². The van der Waals surface area contributed by atoms with Crippen molar-refractivity contribution in [3.05, 3.63) is 23.4 Å². The van der Waals surface area contributed by atoms with Crippen LogP contribution >= 0.6 is 11.6 Å². The van der Waals surface area contributed by atoms with Gasteiger partial charge in [-0.1, -0.05) is 17.7 Å². The fraction of sp³-hybridized carbons (Fsp3) is 0.583. The lowest BCUT2D eigenvalue weighted by atomic mass is 10.1. The highest BCUT2D eigenvalue weighted by molar-refractivity contribution is 6.29. The minimum atomic E-state index is 0.574. The maximum atomic E-state index is 5.87. The molecule has 1 aromatic rings. The number of pyridine rings is 1. The Hall–Kier alpha value is -0.760. The molecule has 2 fully saturated rings. The van der Waals surface area contributed by atoms with Gasteiger partial charge in [-0.2, -0.15) is 0 Å². The molecule has 0 radical (unpaired) electrons. The molecule has 0 aromatic carbocycles. The molecule has 3 heteroatoms. The lowest BCUT2D eigenvalue weighted by Crippen LogP contribution is -2.24. The third-order valence-electron chi connectivity index (χ3n) is 3.29. The van der Waals surface area contributed by atoms with E-state index in [0.29, 0.717) is 11.2 Å². The van der Waals surface area contributed by atoms with Crippen LogP contribution in [0.15, 0.2) is 18.2 Å². The summed E-state index contributed by atoms with van der Waals surface area (Å²) >= 11 is 5.87. The van der Waals surface area contributed by atoms with Gasteiger partial charge >= 0.3 is 0 Å². The van der Waals surface area contributed by atoms with E-state index >= 15 is 0 Å². The third kappa shape index (κ3) is 2.25. The second kappa shape index (κ2) is 3.67. The molecule has 0 aliphatic heterocycles. The van der Waals surface area contributed by atoms with Crippen LogP contribution in [0, 0.1) is 11.8 Å². The number of nitrogens with zero attached hydrogens (tertiary/aromatic N) is 1. The normalized spacial score (nSPS) is 20.7. The van der Waals surface area contributed by atoms with Gasteiger partial charge in [-0.15, -0.1) is 0 Å². The van der Waals surface area contributed by atoms with Crippen LogP contribution in [0.25, 0.3) is 0 Å². The molecule has 0 bridgehead atoms. The van der Waals surface area contributed by atoms with Crippen molar-refractivity contribution in [2.45, 2.75) is 31.7 Å². The van der Waals surface area contributed by atoms with E-state index in [1.165, 1.54) is 25.7 Å². The highest BCUT2D eigenvalue weighted by Crippen LogP contribution is 2.45. The number of nitrogens with one attached hydrogen (secondary N) is 1. The van der Waals surface area contributed by atoms with Gasteiger partial charge in [0.15, 0.2) is 0 Å². The Morgan fingerprint density at radius 3 is 2.40 bits per heavy atom. The topological polar surface area (TPSA) is 24.9 Å². The maximum Gasteiger partial charge on any atom is 0.131 e. The standard InChI is InChI=1S/C12H15ClN2/c13-10-2-1-3-11(14-10)15-12(8-4-5-8)9-6-7-9/h1-3,8-9,12H,4-7H2,(H,14,15). The van der Waals surface area contributed by atoms with Gasteiger partial charge in [0.05, 0.1) is 0 Å². The lowest BCUT2D eigenvalue weighted by Gasteiger charge is -2.18. The summed E-state index contributed by atoms with van der Waals surface area (Å²) in [6.45, 7) is 0. The first-order valence-electron chi connectivity index (χ1n) is 5.72. The molecule has 2 aliphatic carbocycles. The van der Waals surface area contributed by atoms with Crippen molar-refractivity contribution in [1.29, 1.82) is 0 Å². The first-order valence-corrected chi connectivity index (χ1v) is 6.10. The second-order valence-electron chi connectivity index (χ2n) is 4.69. The molecule has 1 heterocycles. The van der Waals surface area contributed by atoms with Crippen LogP contribution in [-0.4, -0.2) is 11.0 Å². The highest BCUT2D eigenvalue weighted by Gasteiger charge is 2.41. The first-order chi connectivity index (χ1) is 7.33. The summed E-state index contributed by atoms with van der Waals surface area (Å²) in [4.78, 5) is 4.29. The summed E-state index contributed by atoms with van der Waals surface area (Å²) in [6.07, 6.45) is 5.53. The van der Waals surface area contributed by atoms with Crippen LogP contribution in [0.5, 0.6) is 0 Å². The zero-order valence-electron chi connectivity index (χ0n) is 8.62. The van der Waals surface area contributed by atoms with Gasteiger partial charge in [0.25, 0.3) is 0 Å². The van der Waals surface area contributed by atoms with Crippen molar-refractivity contribution in [2.24, 2.45) is 11.8 Å². The summed E-state index contributed by atoms with van der Waals surface area (Å²) in [7, 11) is 0. The van der Waals surface area contributed by atoms with Crippen molar-refractivity contribution in [3.8, 4) is 0 Å². The predicted molar refractivity (Wildman–Crippen MR) is 62.1 cm³/mol. The summed E-state index contributed by atoms with van der Waals surface area (Å²) in [5.41, 5.74) is 0. The minimum absolute atomic E-state index is 0.574. The molecule has 2 saturated carbocycles. The molecule has 2 nitrogen and oxygen atoms in total. The molecule has 0 spiro atoms. The van der Waals surface area contributed by atoms with Crippen molar-refractivity contribution in [1.82, 2.24) is 4.98 Å². The summed E-state index contributed by atoms with van der Waals surface area (Å²) < 4.78 is 0. The number of hydrogen-bond acceptors (Lipinski definition) is 2. The number of anilines is 1. The van der Waals surface area contributed by atoms with Crippen LogP contribution in [0.1, 0.15) is 25.7 Å². The quantitative estimate of drug-likeness (QED) is 0.791. The Labute approximate surface area is 95.0 Å². The summed E-state index contributed by atoms with van der Waals surface area (Å²) in [6, 6.07) is 6.42. The molecular weight excluding hydrogens is 208 g/mol. The van der Waals surface area contributed by atoms with Crippen molar-refractivity contribution >= 4 is 17.4 Å². The van der Waals surface area contributed by atoms with Crippen LogP contribution < -0.4 is 5.32 Å². The van der Waals surface area contributed by atoms with E-state index in [1.807, 2.05) is 18.2 Å². The molecule has 0 saturated heterocycles. The molecule has 1 N–H and O–H groups in total. The molecule has 1 aromatic heterocycles. The Morgan fingerprint density at radius 1 is 1.20 bits per heavy atom. The van der Waals surface area contributed by atoms with E-state index in [-0.39, 0.29) is 0 Å². The predicted octanol–water partition coefficient (Wildman–Crippen LogP) is 3.34. The van der Waals surface area contributed by atoms with E-state index < -0.39 is 0 Å². The molecule has 0 atom stereocenters. The number of aromatic nitrogens is 1.